The Morgan fingerprint density at radius 1 is 1.00 bits per heavy atom. The molecule has 0 aromatic heterocycles. The molecule has 2 aromatic rings. The summed E-state index contributed by atoms with van der Waals surface area (Å²) in [5.74, 6) is -1.59. The molecular formula is C21H24N2O4. The van der Waals surface area contributed by atoms with E-state index in [9.17, 15) is 14.4 Å². The summed E-state index contributed by atoms with van der Waals surface area (Å²) in [5, 5.41) is 11.7. The number of carboxylic acids is 1. The smallest absolute Gasteiger partial charge is 0.335 e. The quantitative estimate of drug-likeness (QED) is 0.776. The minimum absolute atomic E-state index is 0.0461. The van der Waals surface area contributed by atoms with Crippen LogP contribution in [-0.4, -0.2) is 40.4 Å². The number of hydrogen-bond acceptors (Lipinski definition) is 3. The number of hydrogen-bond donors (Lipinski definition) is 2. The van der Waals surface area contributed by atoms with E-state index in [1.54, 1.807) is 29.2 Å². The Balaban J connectivity index is 2.25. The predicted molar refractivity (Wildman–Crippen MR) is 104 cm³/mol. The molecule has 2 N–H and O–H groups in total. The highest BCUT2D eigenvalue weighted by atomic mass is 16.4. The number of nitrogens with one attached hydrogen (secondary N) is 1. The van der Waals surface area contributed by atoms with Gasteiger partial charge < -0.3 is 15.3 Å². The Bertz CT molecular complexity index is 828. The van der Waals surface area contributed by atoms with Crippen LogP contribution < -0.4 is 5.32 Å². The summed E-state index contributed by atoms with van der Waals surface area (Å²) in [7, 11) is 0. The lowest BCUT2D eigenvalue weighted by molar-refractivity contribution is 0.0690. The fourth-order valence-corrected chi connectivity index (χ4v) is 2.73. The van der Waals surface area contributed by atoms with Gasteiger partial charge in [-0.05, 0) is 56.7 Å². The van der Waals surface area contributed by atoms with E-state index in [-0.39, 0.29) is 17.5 Å². The molecule has 0 bridgehead atoms. The van der Waals surface area contributed by atoms with Crippen molar-refractivity contribution in [1.82, 2.24) is 4.90 Å². The molecule has 27 heavy (non-hydrogen) atoms. The van der Waals surface area contributed by atoms with E-state index in [1.165, 1.54) is 24.3 Å². The minimum Gasteiger partial charge on any atom is -0.478 e. The van der Waals surface area contributed by atoms with E-state index in [1.807, 2.05) is 20.8 Å². The van der Waals surface area contributed by atoms with Gasteiger partial charge in [0, 0.05) is 18.2 Å². The van der Waals surface area contributed by atoms with Gasteiger partial charge in [0.2, 0.25) is 0 Å². The largest absolute Gasteiger partial charge is 0.478 e. The molecule has 0 atom stereocenters. The molecule has 6 heteroatoms. The summed E-state index contributed by atoms with van der Waals surface area (Å²) in [6, 6.07) is 12.6. The van der Waals surface area contributed by atoms with E-state index < -0.39 is 11.9 Å². The van der Waals surface area contributed by atoms with Crippen molar-refractivity contribution in [2.45, 2.75) is 33.2 Å². The topological polar surface area (TPSA) is 86.7 Å². The zero-order chi connectivity index (χ0) is 20.0. The molecule has 0 saturated carbocycles. The van der Waals surface area contributed by atoms with Gasteiger partial charge in [0.05, 0.1) is 16.8 Å². The molecule has 0 saturated heterocycles. The van der Waals surface area contributed by atoms with E-state index in [0.29, 0.717) is 23.4 Å². The number of amides is 2. The van der Waals surface area contributed by atoms with Gasteiger partial charge in [-0.15, -0.1) is 0 Å². The highest BCUT2D eigenvalue weighted by molar-refractivity contribution is 6.09. The second-order valence-electron chi connectivity index (χ2n) is 6.47. The van der Waals surface area contributed by atoms with Crippen LogP contribution in [0.3, 0.4) is 0 Å². The van der Waals surface area contributed by atoms with Crippen LogP contribution in [0.15, 0.2) is 48.5 Å². The van der Waals surface area contributed by atoms with Crippen LogP contribution in [0.2, 0.25) is 0 Å². The van der Waals surface area contributed by atoms with Crippen LogP contribution in [0.4, 0.5) is 5.69 Å². The lowest BCUT2D eigenvalue weighted by Crippen LogP contribution is -2.38. The van der Waals surface area contributed by atoms with Gasteiger partial charge in [-0.1, -0.05) is 19.1 Å². The van der Waals surface area contributed by atoms with Crippen molar-refractivity contribution < 1.29 is 19.5 Å². The van der Waals surface area contributed by atoms with E-state index in [0.717, 1.165) is 6.42 Å². The molecule has 142 valence electrons. The summed E-state index contributed by atoms with van der Waals surface area (Å²) in [4.78, 5) is 38.2. The first-order valence-corrected chi connectivity index (χ1v) is 8.89. The van der Waals surface area contributed by atoms with Crippen molar-refractivity contribution >= 4 is 23.5 Å². The third-order valence-corrected chi connectivity index (χ3v) is 4.15. The van der Waals surface area contributed by atoms with Gasteiger partial charge in [0.25, 0.3) is 11.8 Å². The minimum atomic E-state index is -1.05. The fraction of sp³-hybridized carbons (Fsp3) is 0.286. The summed E-state index contributed by atoms with van der Waals surface area (Å²) >= 11 is 0. The number of para-hydroxylation sites is 1. The predicted octanol–water partition coefficient (Wildman–Crippen LogP) is 3.90. The number of carboxylic acid groups (broad SMARTS) is 1. The summed E-state index contributed by atoms with van der Waals surface area (Å²) in [5.41, 5.74) is 1.28. The number of aromatic carboxylic acids is 1. The van der Waals surface area contributed by atoms with Crippen LogP contribution >= 0.6 is 0 Å². The summed E-state index contributed by atoms with van der Waals surface area (Å²) in [6.45, 7) is 6.56. The Hall–Kier alpha value is -3.15. The van der Waals surface area contributed by atoms with Crippen LogP contribution in [0.25, 0.3) is 0 Å². The van der Waals surface area contributed by atoms with Gasteiger partial charge in [-0.3, -0.25) is 9.59 Å². The standard InChI is InChI=1S/C21H24N2O4/c1-4-13-23(14(2)3)20(25)17-7-5-6-8-18(17)22-19(24)15-9-11-16(12-10-15)21(26)27/h5-12,14H,4,13H2,1-3H3,(H,22,24)(H,26,27). The molecule has 0 aliphatic heterocycles. The number of nitrogens with zero attached hydrogens (tertiary/aromatic N) is 1. The maximum Gasteiger partial charge on any atom is 0.335 e. The molecule has 2 amide bonds. The van der Waals surface area contributed by atoms with Gasteiger partial charge in [-0.2, -0.15) is 0 Å². The van der Waals surface area contributed by atoms with Gasteiger partial charge in [0.15, 0.2) is 0 Å². The van der Waals surface area contributed by atoms with Crippen molar-refractivity contribution in [3.63, 3.8) is 0 Å². The van der Waals surface area contributed by atoms with Crippen LogP contribution in [-0.2, 0) is 0 Å². The highest BCUT2D eigenvalue weighted by Crippen LogP contribution is 2.20. The zero-order valence-corrected chi connectivity index (χ0v) is 15.7. The van der Waals surface area contributed by atoms with Crippen molar-refractivity contribution in [2.75, 3.05) is 11.9 Å². The SMILES string of the molecule is CCCN(C(=O)c1ccccc1NC(=O)c1ccc(C(=O)O)cc1)C(C)C. The Kier molecular flexibility index (Phi) is 6.71. The molecular weight excluding hydrogens is 344 g/mol. The summed E-state index contributed by atoms with van der Waals surface area (Å²) in [6.07, 6.45) is 0.842. The van der Waals surface area contributed by atoms with E-state index in [2.05, 4.69) is 5.32 Å². The first-order chi connectivity index (χ1) is 12.8. The normalized spacial score (nSPS) is 10.5. The molecule has 0 aliphatic rings. The third-order valence-electron chi connectivity index (χ3n) is 4.15. The van der Waals surface area contributed by atoms with Gasteiger partial charge >= 0.3 is 5.97 Å². The first kappa shape index (κ1) is 20.2. The number of benzene rings is 2. The molecule has 2 aromatic carbocycles. The highest BCUT2D eigenvalue weighted by Gasteiger charge is 2.21. The molecule has 0 fully saturated rings. The van der Waals surface area contributed by atoms with Gasteiger partial charge in [0.1, 0.15) is 0 Å². The van der Waals surface area contributed by atoms with Crippen molar-refractivity contribution in [3.8, 4) is 0 Å². The molecule has 0 heterocycles. The second-order valence-corrected chi connectivity index (χ2v) is 6.47. The molecule has 0 unspecified atom stereocenters. The van der Waals surface area contributed by atoms with Crippen molar-refractivity contribution in [3.05, 3.63) is 65.2 Å². The fourth-order valence-electron chi connectivity index (χ4n) is 2.73. The average molecular weight is 368 g/mol. The van der Waals surface area contributed by atoms with Crippen molar-refractivity contribution in [1.29, 1.82) is 0 Å². The number of anilines is 1. The molecule has 0 spiro atoms. The maximum absolute atomic E-state index is 12.9. The maximum atomic E-state index is 12.9. The Morgan fingerprint density at radius 2 is 1.59 bits per heavy atom. The monoisotopic (exact) mass is 368 g/mol. The molecule has 0 aliphatic carbocycles. The molecule has 0 radical (unpaired) electrons. The molecule has 2 rings (SSSR count). The Morgan fingerprint density at radius 3 is 2.15 bits per heavy atom. The summed E-state index contributed by atoms with van der Waals surface area (Å²) < 4.78 is 0. The average Bonchev–Trinajstić information content (AvgIpc) is 2.65. The van der Waals surface area contributed by atoms with Crippen LogP contribution in [0.1, 0.15) is 58.3 Å². The van der Waals surface area contributed by atoms with Crippen molar-refractivity contribution in [2.24, 2.45) is 0 Å². The first-order valence-electron chi connectivity index (χ1n) is 8.89. The lowest BCUT2D eigenvalue weighted by Gasteiger charge is -2.27. The number of carbonyl (C=O) groups is 3. The third kappa shape index (κ3) is 4.94. The zero-order valence-electron chi connectivity index (χ0n) is 15.7. The van der Waals surface area contributed by atoms with Crippen LogP contribution in [0.5, 0.6) is 0 Å². The number of rotatable bonds is 7. The Labute approximate surface area is 158 Å². The lowest BCUT2D eigenvalue weighted by atomic mass is 10.1. The van der Waals surface area contributed by atoms with E-state index >= 15 is 0 Å². The second kappa shape index (κ2) is 8.98. The molecule has 6 nitrogen and oxygen atoms in total. The number of carbonyl (C=O) groups excluding carboxylic acids is 2. The van der Waals surface area contributed by atoms with Crippen LogP contribution in [0, 0.1) is 0 Å². The van der Waals surface area contributed by atoms with Gasteiger partial charge in [-0.25, -0.2) is 4.79 Å². The van der Waals surface area contributed by atoms with E-state index in [4.69, 9.17) is 5.11 Å².